The summed E-state index contributed by atoms with van der Waals surface area (Å²) in [6.45, 7) is -0.0359. The van der Waals surface area contributed by atoms with Gasteiger partial charge in [0.1, 0.15) is 6.54 Å². The monoisotopic (exact) mass is 186 g/mol. The molecule has 1 rings (SSSR count). The van der Waals surface area contributed by atoms with Crippen molar-refractivity contribution >= 4 is 17.7 Å². The maximum Gasteiger partial charge on any atom is 0.253 e. The van der Waals surface area contributed by atoms with E-state index in [9.17, 15) is 9.90 Å². The second-order valence-electron chi connectivity index (χ2n) is 2.67. The summed E-state index contributed by atoms with van der Waals surface area (Å²) in [6, 6.07) is 1.79. The Balaban J connectivity index is 2.45. The summed E-state index contributed by atoms with van der Waals surface area (Å²) >= 11 is 1.55. The fourth-order valence-electron chi connectivity index (χ4n) is 1.02. The summed E-state index contributed by atoms with van der Waals surface area (Å²) < 4.78 is 0. The predicted octanol–water partition coefficient (Wildman–Crippen LogP) is -0.506. The molecular weight excluding hydrogens is 176 g/mol. The quantitative estimate of drug-likeness (QED) is 0.570. The first-order chi connectivity index (χ1) is 5.69. The van der Waals surface area contributed by atoms with Gasteiger partial charge in [-0.05, 0) is 12.2 Å². The third kappa shape index (κ3) is 1.90. The van der Waals surface area contributed by atoms with Crippen molar-refractivity contribution in [1.29, 1.82) is 5.26 Å². The number of amides is 1. The molecule has 0 saturated carbocycles. The van der Waals surface area contributed by atoms with Crippen LogP contribution < -0.4 is 5.32 Å². The molecule has 0 spiro atoms. The summed E-state index contributed by atoms with van der Waals surface area (Å²) in [5, 5.41) is 20.2. The molecular formula is C7H10N2O2S. The van der Waals surface area contributed by atoms with E-state index in [0.29, 0.717) is 12.2 Å². The largest absolute Gasteiger partial charge is 0.379 e. The minimum absolute atomic E-state index is 0.0359. The Morgan fingerprint density at radius 1 is 1.83 bits per heavy atom. The highest BCUT2D eigenvalue weighted by Gasteiger charge is 2.39. The number of hydrogen-bond acceptors (Lipinski definition) is 4. The Morgan fingerprint density at radius 2 is 2.58 bits per heavy atom. The number of rotatable bonds is 2. The Labute approximate surface area is 74.9 Å². The van der Waals surface area contributed by atoms with Crippen molar-refractivity contribution in [2.75, 3.05) is 18.1 Å². The van der Waals surface area contributed by atoms with Crippen molar-refractivity contribution in [2.24, 2.45) is 0 Å². The molecule has 0 aromatic heterocycles. The van der Waals surface area contributed by atoms with Crippen LogP contribution in [0.1, 0.15) is 6.42 Å². The molecule has 12 heavy (non-hydrogen) atoms. The standard InChI is InChI=1S/C7H10N2O2S/c8-2-3-9-6(10)7(11)1-4-12-5-7/h11H,1,3-5H2,(H,9,10). The average molecular weight is 186 g/mol. The maximum atomic E-state index is 11.2. The van der Waals surface area contributed by atoms with E-state index >= 15 is 0 Å². The van der Waals surface area contributed by atoms with Gasteiger partial charge < -0.3 is 10.4 Å². The molecule has 1 unspecified atom stereocenters. The van der Waals surface area contributed by atoms with Crippen LogP contribution in [0.25, 0.3) is 0 Å². The third-order valence-electron chi connectivity index (χ3n) is 1.75. The van der Waals surface area contributed by atoms with Crippen LogP contribution >= 0.6 is 11.8 Å². The van der Waals surface area contributed by atoms with Gasteiger partial charge in [-0.2, -0.15) is 17.0 Å². The number of nitrogens with one attached hydrogen (secondary N) is 1. The second kappa shape index (κ2) is 3.78. The first-order valence-electron chi connectivity index (χ1n) is 3.64. The lowest BCUT2D eigenvalue weighted by Crippen LogP contribution is -2.47. The van der Waals surface area contributed by atoms with Gasteiger partial charge in [0, 0.05) is 5.75 Å². The van der Waals surface area contributed by atoms with E-state index in [0.717, 1.165) is 5.75 Å². The van der Waals surface area contributed by atoms with E-state index in [1.165, 1.54) is 0 Å². The first-order valence-corrected chi connectivity index (χ1v) is 4.80. The fourth-order valence-corrected chi connectivity index (χ4v) is 2.26. The van der Waals surface area contributed by atoms with Gasteiger partial charge in [0.15, 0.2) is 5.60 Å². The van der Waals surface area contributed by atoms with Crippen LogP contribution in [0.4, 0.5) is 0 Å². The van der Waals surface area contributed by atoms with Crippen LogP contribution in [-0.4, -0.2) is 34.7 Å². The van der Waals surface area contributed by atoms with Crippen LogP contribution in [0.5, 0.6) is 0 Å². The molecule has 1 aliphatic heterocycles. The van der Waals surface area contributed by atoms with Crippen LogP contribution in [0, 0.1) is 11.3 Å². The van der Waals surface area contributed by atoms with Gasteiger partial charge >= 0.3 is 0 Å². The number of carbonyl (C=O) groups excluding carboxylic acids is 1. The lowest BCUT2D eigenvalue weighted by atomic mass is 10.0. The van der Waals surface area contributed by atoms with Crippen molar-refractivity contribution < 1.29 is 9.90 Å². The normalized spacial score (nSPS) is 28.0. The lowest BCUT2D eigenvalue weighted by molar-refractivity contribution is -0.136. The molecule has 1 amide bonds. The maximum absolute atomic E-state index is 11.2. The van der Waals surface area contributed by atoms with Gasteiger partial charge in [-0.15, -0.1) is 0 Å². The van der Waals surface area contributed by atoms with Crippen molar-refractivity contribution in [3.8, 4) is 6.07 Å². The van der Waals surface area contributed by atoms with Crippen molar-refractivity contribution in [2.45, 2.75) is 12.0 Å². The second-order valence-corrected chi connectivity index (χ2v) is 3.78. The van der Waals surface area contributed by atoms with E-state index < -0.39 is 11.5 Å². The summed E-state index contributed by atoms with van der Waals surface area (Å²) in [5.74, 6) is 0.815. The van der Waals surface area contributed by atoms with Gasteiger partial charge in [-0.25, -0.2) is 0 Å². The van der Waals surface area contributed by atoms with Crippen LogP contribution in [0.3, 0.4) is 0 Å². The van der Waals surface area contributed by atoms with E-state index in [1.54, 1.807) is 17.8 Å². The summed E-state index contributed by atoms with van der Waals surface area (Å²) in [6.07, 6.45) is 0.481. The fraction of sp³-hybridized carbons (Fsp3) is 0.714. The molecule has 0 aromatic carbocycles. The van der Waals surface area contributed by atoms with E-state index in [4.69, 9.17) is 5.26 Å². The van der Waals surface area contributed by atoms with Crippen molar-refractivity contribution in [3.63, 3.8) is 0 Å². The SMILES string of the molecule is N#CCNC(=O)C1(O)CCSC1. The van der Waals surface area contributed by atoms with Crippen LogP contribution in [0.15, 0.2) is 0 Å². The molecule has 1 heterocycles. The number of nitriles is 1. The Kier molecular flexibility index (Phi) is 2.95. The van der Waals surface area contributed by atoms with Crippen LogP contribution in [0.2, 0.25) is 0 Å². The van der Waals surface area contributed by atoms with E-state index in [-0.39, 0.29) is 6.54 Å². The number of aliphatic hydroxyl groups is 1. The zero-order valence-electron chi connectivity index (χ0n) is 6.54. The molecule has 1 fully saturated rings. The van der Waals surface area contributed by atoms with Gasteiger partial charge in [-0.1, -0.05) is 0 Å². The zero-order valence-corrected chi connectivity index (χ0v) is 7.36. The minimum Gasteiger partial charge on any atom is -0.379 e. The molecule has 0 aromatic rings. The molecule has 66 valence electrons. The van der Waals surface area contributed by atoms with Gasteiger partial charge in [0.2, 0.25) is 0 Å². The lowest BCUT2D eigenvalue weighted by Gasteiger charge is -2.18. The molecule has 1 aliphatic rings. The zero-order chi connectivity index (χ0) is 9.03. The van der Waals surface area contributed by atoms with Crippen molar-refractivity contribution in [1.82, 2.24) is 5.32 Å². The smallest absolute Gasteiger partial charge is 0.253 e. The highest BCUT2D eigenvalue weighted by Crippen LogP contribution is 2.27. The van der Waals surface area contributed by atoms with E-state index in [1.807, 2.05) is 0 Å². The topological polar surface area (TPSA) is 73.1 Å². The number of carbonyl (C=O) groups is 1. The Bertz CT molecular complexity index is 218. The first kappa shape index (κ1) is 9.36. The summed E-state index contributed by atoms with van der Waals surface area (Å²) in [4.78, 5) is 11.2. The Hall–Kier alpha value is -0.730. The summed E-state index contributed by atoms with van der Waals surface area (Å²) in [5.41, 5.74) is -1.23. The molecule has 1 atom stereocenters. The van der Waals surface area contributed by atoms with E-state index in [2.05, 4.69) is 5.32 Å². The van der Waals surface area contributed by atoms with Crippen molar-refractivity contribution in [3.05, 3.63) is 0 Å². The number of hydrogen-bond donors (Lipinski definition) is 2. The van der Waals surface area contributed by atoms with Gasteiger partial charge in [0.25, 0.3) is 5.91 Å². The highest BCUT2D eigenvalue weighted by molar-refractivity contribution is 7.99. The minimum atomic E-state index is -1.23. The van der Waals surface area contributed by atoms with Gasteiger partial charge in [-0.3, -0.25) is 4.79 Å². The number of thioether (sulfide) groups is 1. The van der Waals surface area contributed by atoms with Crippen LogP contribution in [-0.2, 0) is 4.79 Å². The Morgan fingerprint density at radius 3 is 3.08 bits per heavy atom. The predicted molar refractivity (Wildman–Crippen MR) is 45.5 cm³/mol. The molecule has 4 nitrogen and oxygen atoms in total. The highest BCUT2D eigenvalue weighted by atomic mass is 32.2. The molecule has 5 heteroatoms. The van der Waals surface area contributed by atoms with Gasteiger partial charge in [0.05, 0.1) is 6.07 Å². The molecule has 0 radical (unpaired) electrons. The average Bonchev–Trinajstić information content (AvgIpc) is 2.49. The molecule has 0 bridgehead atoms. The summed E-state index contributed by atoms with van der Waals surface area (Å²) in [7, 11) is 0. The number of nitrogens with zero attached hydrogens (tertiary/aromatic N) is 1. The third-order valence-corrected chi connectivity index (χ3v) is 2.93. The molecule has 1 saturated heterocycles. The molecule has 2 N–H and O–H groups in total. The molecule has 0 aliphatic carbocycles.